The second-order valence-electron chi connectivity index (χ2n) is 10.7. The minimum absolute atomic E-state index is 0.0209. The molecule has 0 amide bonds. The van der Waals surface area contributed by atoms with Crippen molar-refractivity contribution < 1.29 is 9.84 Å². The number of hydrogen-bond donors (Lipinski definition) is 1. The third-order valence-corrected chi connectivity index (χ3v) is 7.62. The molecule has 5 unspecified atom stereocenters. The SMILES string of the molecule is CCCCCC(C)(O)CCCC(C)=CCCC1(C)CCC2=CCC(C)C(C)C2O1. The number of fused-ring (bicyclic) bond motifs is 1. The van der Waals surface area contributed by atoms with Crippen LogP contribution in [0.2, 0.25) is 0 Å². The Labute approximate surface area is 181 Å². The average Bonchev–Trinajstić information content (AvgIpc) is 2.65. The highest BCUT2D eigenvalue weighted by molar-refractivity contribution is 5.18. The van der Waals surface area contributed by atoms with Gasteiger partial charge in [-0.3, -0.25) is 0 Å². The number of rotatable bonds is 11. The second kappa shape index (κ2) is 11.1. The van der Waals surface area contributed by atoms with E-state index >= 15 is 0 Å². The fourth-order valence-electron chi connectivity index (χ4n) is 5.04. The first-order chi connectivity index (χ1) is 13.7. The van der Waals surface area contributed by atoms with Crippen LogP contribution >= 0.6 is 0 Å². The molecule has 2 heteroatoms. The Bertz CT molecular complexity index is 559. The van der Waals surface area contributed by atoms with E-state index < -0.39 is 5.60 Å². The predicted molar refractivity (Wildman–Crippen MR) is 125 cm³/mol. The molecule has 2 aliphatic rings. The molecule has 0 saturated carbocycles. The van der Waals surface area contributed by atoms with Gasteiger partial charge in [-0.2, -0.15) is 0 Å². The van der Waals surface area contributed by atoms with E-state index in [4.69, 9.17) is 4.74 Å². The number of hydrogen-bond acceptors (Lipinski definition) is 2. The Morgan fingerprint density at radius 3 is 2.72 bits per heavy atom. The van der Waals surface area contributed by atoms with Crippen LogP contribution in [-0.2, 0) is 4.74 Å². The van der Waals surface area contributed by atoms with Gasteiger partial charge in [0.15, 0.2) is 0 Å². The van der Waals surface area contributed by atoms with Crippen LogP contribution in [0.5, 0.6) is 0 Å². The Morgan fingerprint density at radius 2 is 2.00 bits per heavy atom. The van der Waals surface area contributed by atoms with Crippen LogP contribution in [0, 0.1) is 11.8 Å². The smallest absolute Gasteiger partial charge is 0.0820 e. The maximum atomic E-state index is 10.5. The number of unbranched alkanes of at least 4 members (excludes halogenated alkanes) is 2. The lowest BCUT2D eigenvalue weighted by Crippen LogP contribution is -2.44. The zero-order chi connectivity index (χ0) is 21.5. The summed E-state index contributed by atoms with van der Waals surface area (Å²) in [5.41, 5.74) is 2.56. The fourth-order valence-corrected chi connectivity index (χ4v) is 5.04. The van der Waals surface area contributed by atoms with Gasteiger partial charge in [-0.05, 0) is 96.0 Å². The molecule has 1 fully saturated rings. The third-order valence-electron chi connectivity index (χ3n) is 7.62. The lowest BCUT2D eigenvalue weighted by molar-refractivity contribution is -0.123. The van der Waals surface area contributed by atoms with E-state index in [-0.39, 0.29) is 5.60 Å². The van der Waals surface area contributed by atoms with Crippen molar-refractivity contribution in [3.8, 4) is 0 Å². The second-order valence-corrected chi connectivity index (χ2v) is 10.7. The maximum Gasteiger partial charge on any atom is 0.0820 e. The molecule has 168 valence electrons. The highest BCUT2D eigenvalue weighted by Gasteiger charge is 2.40. The molecule has 0 aromatic carbocycles. The molecule has 0 aromatic rings. The van der Waals surface area contributed by atoms with Crippen LogP contribution in [0.4, 0.5) is 0 Å². The van der Waals surface area contributed by atoms with Gasteiger partial charge in [-0.15, -0.1) is 0 Å². The van der Waals surface area contributed by atoms with Crippen molar-refractivity contribution in [1.82, 2.24) is 0 Å². The summed E-state index contributed by atoms with van der Waals surface area (Å²) in [7, 11) is 0. The molecule has 29 heavy (non-hydrogen) atoms. The van der Waals surface area contributed by atoms with E-state index in [1.165, 1.54) is 31.3 Å². The minimum Gasteiger partial charge on any atom is -0.390 e. The minimum atomic E-state index is -0.488. The summed E-state index contributed by atoms with van der Waals surface area (Å²) >= 11 is 0. The molecule has 5 atom stereocenters. The molecule has 1 aliphatic heterocycles. The topological polar surface area (TPSA) is 29.5 Å². The maximum absolute atomic E-state index is 10.5. The number of aliphatic hydroxyl groups is 1. The van der Waals surface area contributed by atoms with Gasteiger partial charge in [-0.25, -0.2) is 0 Å². The van der Waals surface area contributed by atoms with Crippen LogP contribution in [0.1, 0.15) is 119 Å². The summed E-state index contributed by atoms with van der Waals surface area (Å²) in [6, 6.07) is 0. The van der Waals surface area contributed by atoms with Gasteiger partial charge in [0.25, 0.3) is 0 Å². The van der Waals surface area contributed by atoms with E-state index in [0.717, 1.165) is 57.3 Å². The van der Waals surface area contributed by atoms with Gasteiger partial charge >= 0.3 is 0 Å². The van der Waals surface area contributed by atoms with Gasteiger partial charge in [0.2, 0.25) is 0 Å². The van der Waals surface area contributed by atoms with Crippen LogP contribution in [0.3, 0.4) is 0 Å². The number of allylic oxidation sites excluding steroid dienone is 3. The zero-order valence-electron chi connectivity index (χ0n) is 20.2. The lowest BCUT2D eigenvalue weighted by atomic mass is 9.74. The quantitative estimate of drug-likeness (QED) is 0.282. The van der Waals surface area contributed by atoms with E-state index in [2.05, 4.69) is 46.8 Å². The van der Waals surface area contributed by atoms with Crippen LogP contribution in [-0.4, -0.2) is 22.4 Å². The van der Waals surface area contributed by atoms with E-state index in [0.29, 0.717) is 12.0 Å². The summed E-state index contributed by atoms with van der Waals surface area (Å²) in [5.74, 6) is 1.37. The molecule has 1 saturated heterocycles. The first-order valence-electron chi connectivity index (χ1n) is 12.4. The number of ether oxygens (including phenoxy) is 1. The van der Waals surface area contributed by atoms with Crippen molar-refractivity contribution in [2.45, 2.75) is 136 Å². The Hall–Kier alpha value is -0.600. The summed E-state index contributed by atoms with van der Waals surface area (Å²) in [6.45, 7) is 13.5. The predicted octanol–water partition coefficient (Wildman–Crippen LogP) is 7.75. The molecule has 2 rings (SSSR count). The van der Waals surface area contributed by atoms with Crippen molar-refractivity contribution in [1.29, 1.82) is 0 Å². The van der Waals surface area contributed by atoms with Crippen molar-refractivity contribution in [3.05, 3.63) is 23.3 Å². The van der Waals surface area contributed by atoms with Gasteiger partial charge in [-0.1, -0.05) is 57.8 Å². The highest BCUT2D eigenvalue weighted by Crippen LogP contribution is 2.43. The average molecular weight is 405 g/mol. The normalized spacial score (nSPS) is 32.4. The Morgan fingerprint density at radius 1 is 1.28 bits per heavy atom. The van der Waals surface area contributed by atoms with Crippen LogP contribution < -0.4 is 0 Å². The van der Waals surface area contributed by atoms with E-state index in [1.54, 1.807) is 5.57 Å². The van der Waals surface area contributed by atoms with Crippen molar-refractivity contribution in [3.63, 3.8) is 0 Å². The van der Waals surface area contributed by atoms with Gasteiger partial charge in [0, 0.05) is 0 Å². The molecule has 1 N–H and O–H groups in total. The monoisotopic (exact) mass is 404 g/mol. The lowest BCUT2D eigenvalue weighted by Gasteiger charge is -2.46. The standard InChI is InChI=1S/C27H48O2/c1-7-8-9-17-26(5,28)18-10-12-21(2)13-11-19-27(6)20-16-24-15-14-22(3)23(4)25(24)29-27/h13,15,22-23,25,28H,7-12,14,16-20H2,1-6H3. The van der Waals surface area contributed by atoms with Crippen LogP contribution in [0.15, 0.2) is 23.3 Å². The van der Waals surface area contributed by atoms with Gasteiger partial charge < -0.3 is 9.84 Å². The third kappa shape index (κ3) is 7.87. The van der Waals surface area contributed by atoms with Crippen LogP contribution in [0.25, 0.3) is 0 Å². The molecule has 1 heterocycles. The molecule has 0 bridgehead atoms. The van der Waals surface area contributed by atoms with E-state index in [9.17, 15) is 5.11 Å². The first kappa shape index (κ1) is 24.7. The van der Waals surface area contributed by atoms with Crippen molar-refractivity contribution in [2.24, 2.45) is 11.8 Å². The largest absolute Gasteiger partial charge is 0.390 e. The Balaban J connectivity index is 1.73. The Kier molecular flexibility index (Phi) is 9.48. The molecular weight excluding hydrogens is 356 g/mol. The van der Waals surface area contributed by atoms with Gasteiger partial charge in [0.1, 0.15) is 0 Å². The molecular formula is C27H48O2. The molecule has 0 radical (unpaired) electrons. The summed E-state index contributed by atoms with van der Waals surface area (Å²) in [6.07, 6.45) is 18.7. The van der Waals surface area contributed by atoms with Gasteiger partial charge in [0.05, 0.1) is 17.3 Å². The van der Waals surface area contributed by atoms with Crippen molar-refractivity contribution in [2.75, 3.05) is 0 Å². The first-order valence-corrected chi connectivity index (χ1v) is 12.4. The summed E-state index contributed by atoms with van der Waals surface area (Å²) in [4.78, 5) is 0. The summed E-state index contributed by atoms with van der Waals surface area (Å²) in [5, 5.41) is 10.5. The van der Waals surface area contributed by atoms with Crippen molar-refractivity contribution >= 4 is 0 Å². The molecule has 2 nitrogen and oxygen atoms in total. The zero-order valence-corrected chi connectivity index (χ0v) is 20.2. The molecule has 0 aromatic heterocycles. The highest BCUT2D eigenvalue weighted by atomic mass is 16.5. The van der Waals surface area contributed by atoms with E-state index in [1.807, 2.05) is 6.92 Å². The summed E-state index contributed by atoms with van der Waals surface area (Å²) < 4.78 is 6.68. The molecule has 1 aliphatic carbocycles. The molecule has 0 spiro atoms. The fraction of sp³-hybridized carbons (Fsp3) is 0.852.